The van der Waals surface area contributed by atoms with Crippen molar-refractivity contribution < 1.29 is 4.39 Å². The molecular formula is C22H19FN4. The smallest absolute Gasteiger partial charge is 0.156 e. The van der Waals surface area contributed by atoms with Crippen molar-refractivity contribution in [2.24, 2.45) is 0 Å². The first kappa shape index (κ1) is 16.0. The summed E-state index contributed by atoms with van der Waals surface area (Å²) in [7, 11) is 0. The highest BCUT2D eigenvalue weighted by Crippen LogP contribution is 2.48. The van der Waals surface area contributed by atoms with Crippen LogP contribution in [-0.4, -0.2) is 15.0 Å². The average molecular weight is 358 g/mol. The van der Waals surface area contributed by atoms with Gasteiger partial charge in [-0.3, -0.25) is 0 Å². The van der Waals surface area contributed by atoms with Gasteiger partial charge in [-0.2, -0.15) is 0 Å². The largest absolute Gasteiger partial charge is 0.373 e. The van der Waals surface area contributed by atoms with Gasteiger partial charge in [0.1, 0.15) is 11.3 Å². The molecule has 1 aliphatic carbocycles. The van der Waals surface area contributed by atoms with Gasteiger partial charge >= 0.3 is 0 Å². The standard InChI is InChI=1S/C22H19FN4/c1-14-12-24-21-20(26-14)17(13-25-21)15-7-8-18(23)19(11-15)27-22(9-10-22)16-5-3-2-4-6-16/h2-8,11-13,27H,9-10H2,1H3,(H,24,25). The lowest BCUT2D eigenvalue weighted by Gasteiger charge is -2.20. The Morgan fingerprint density at radius 1 is 1.11 bits per heavy atom. The molecular weight excluding hydrogens is 339 g/mol. The summed E-state index contributed by atoms with van der Waals surface area (Å²) in [5, 5.41) is 3.45. The first-order valence-electron chi connectivity index (χ1n) is 9.09. The summed E-state index contributed by atoms with van der Waals surface area (Å²) in [5.41, 5.74) is 5.77. The van der Waals surface area contributed by atoms with Gasteiger partial charge < -0.3 is 10.3 Å². The molecule has 4 nitrogen and oxygen atoms in total. The zero-order chi connectivity index (χ0) is 18.4. The number of aromatic amines is 1. The maximum atomic E-state index is 14.6. The number of hydrogen-bond donors (Lipinski definition) is 2. The highest BCUT2D eigenvalue weighted by atomic mass is 19.1. The van der Waals surface area contributed by atoms with E-state index in [0.717, 1.165) is 40.8 Å². The fraction of sp³-hybridized carbons (Fsp3) is 0.182. The zero-order valence-corrected chi connectivity index (χ0v) is 15.0. The molecule has 1 fully saturated rings. The van der Waals surface area contributed by atoms with Crippen LogP contribution in [0.4, 0.5) is 10.1 Å². The molecule has 0 aliphatic heterocycles. The van der Waals surface area contributed by atoms with E-state index in [1.165, 1.54) is 11.6 Å². The molecule has 2 N–H and O–H groups in total. The number of H-pyrrole nitrogens is 1. The summed E-state index contributed by atoms with van der Waals surface area (Å²) in [6.45, 7) is 1.91. The molecule has 5 rings (SSSR count). The molecule has 4 aromatic rings. The van der Waals surface area contributed by atoms with E-state index in [1.54, 1.807) is 12.3 Å². The summed E-state index contributed by atoms with van der Waals surface area (Å²) < 4.78 is 14.6. The van der Waals surface area contributed by atoms with Gasteiger partial charge in [0.25, 0.3) is 0 Å². The van der Waals surface area contributed by atoms with Crippen LogP contribution >= 0.6 is 0 Å². The number of halogens is 1. The van der Waals surface area contributed by atoms with E-state index < -0.39 is 0 Å². The van der Waals surface area contributed by atoms with Crippen molar-refractivity contribution in [1.29, 1.82) is 0 Å². The second-order valence-electron chi connectivity index (χ2n) is 7.18. The van der Waals surface area contributed by atoms with Crippen molar-refractivity contribution in [1.82, 2.24) is 15.0 Å². The molecule has 0 radical (unpaired) electrons. The summed E-state index contributed by atoms with van der Waals surface area (Å²) in [5.74, 6) is -0.247. The Balaban J connectivity index is 1.55. The van der Waals surface area contributed by atoms with Gasteiger partial charge in [-0.15, -0.1) is 0 Å². The number of anilines is 1. The van der Waals surface area contributed by atoms with Gasteiger partial charge in [-0.1, -0.05) is 36.4 Å². The number of benzene rings is 2. The van der Waals surface area contributed by atoms with Gasteiger partial charge in [-0.05, 0) is 43.0 Å². The second kappa shape index (κ2) is 5.91. The molecule has 27 heavy (non-hydrogen) atoms. The van der Waals surface area contributed by atoms with Crippen LogP contribution in [0.3, 0.4) is 0 Å². The fourth-order valence-corrected chi connectivity index (χ4v) is 3.61. The molecule has 2 aromatic heterocycles. The highest BCUT2D eigenvalue weighted by Gasteiger charge is 2.44. The quantitative estimate of drug-likeness (QED) is 0.529. The van der Waals surface area contributed by atoms with E-state index in [1.807, 2.05) is 37.4 Å². The van der Waals surface area contributed by atoms with E-state index in [-0.39, 0.29) is 11.4 Å². The Bertz CT molecular complexity index is 1130. The van der Waals surface area contributed by atoms with Gasteiger partial charge in [0.05, 0.1) is 23.1 Å². The first-order valence-corrected chi connectivity index (χ1v) is 9.09. The summed E-state index contributed by atoms with van der Waals surface area (Å²) >= 11 is 0. The molecule has 134 valence electrons. The number of nitrogens with one attached hydrogen (secondary N) is 2. The Hall–Kier alpha value is -3.21. The summed E-state index contributed by atoms with van der Waals surface area (Å²) in [6, 6.07) is 15.4. The Kier molecular flexibility index (Phi) is 3.50. The van der Waals surface area contributed by atoms with Crippen LogP contribution in [0.15, 0.2) is 60.9 Å². The third kappa shape index (κ3) is 2.76. The lowest BCUT2D eigenvalue weighted by molar-refractivity contribution is 0.625. The van der Waals surface area contributed by atoms with Crippen molar-refractivity contribution in [2.45, 2.75) is 25.3 Å². The highest BCUT2D eigenvalue weighted by molar-refractivity contribution is 5.91. The van der Waals surface area contributed by atoms with Crippen molar-refractivity contribution in [2.75, 3.05) is 5.32 Å². The average Bonchev–Trinajstić information content (AvgIpc) is 3.36. The number of nitrogens with zero attached hydrogens (tertiary/aromatic N) is 2. The number of hydrogen-bond acceptors (Lipinski definition) is 3. The fourth-order valence-electron chi connectivity index (χ4n) is 3.61. The lowest BCUT2D eigenvalue weighted by atomic mass is 10.0. The molecule has 5 heteroatoms. The van der Waals surface area contributed by atoms with Gasteiger partial charge in [0, 0.05) is 11.8 Å². The minimum Gasteiger partial charge on any atom is -0.373 e. The normalized spacial score (nSPS) is 15.0. The second-order valence-corrected chi connectivity index (χ2v) is 7.18. The number of aromatic nitrogens is 3. The van der Waals surface area contributed by atoms with Crippen molar-refractivity contribution in [3.8, 4) is 11.1 Å². The molecule has 0 spiro atoms. The SMILES string of the molecule is Cc1cnc2[nH]cc(-c3ccc(F)c(NC4(c5ccccc5)CC4)c3)c2n1. The molecule has 0 amide bonds. The van der Waals surface area contributed by atoms with E-state index >= 15 is 0 Å². The topological polar surface area (TPSA) is 53.6 Å². The molecule has 2 aromatic carbocycles. The van der Waals surface area contributed by atoms with E-state index in [0.29, 0.717) is 5.69 Å². The molecule has 0 bridgehead atoms. The Morgan fingerprint density at radius 2 is 1.93 bits per heavy atom. The van der Waals surface area contributed by atoms with Crippen LogP contribution in [0.2, 0.25) is 0 Å². The predicted octanol–water partition coefficient (Wildman–Crippen LogP) is 5.17. The van der Waals surface area contributed by atoms with Gasteiger partial charge in [-0.25, -0.2) is 14.4 Å². The third-order valence-electron chi connectivity index (χ3n) is 5.23. The van der Waals surface area contributed by atoms with Crippen LogP contribution < -0.4 is 5.32 Å². The first-order chi connectivity index (χ1) is 13.1. The van der Waals surface area contributed by atoms with Crippen LogP contribution in [0.5, 0.6) is 0 Å². The van der Waals surface area contributed by atoms with E-state index in [2.05, 4.69) is 32.4 Å². The molecule has 0 atom stereocenters. The number of aryl methyl sites for hydroxylation is 1. The number of rotatable bonds is 4. The van der Waals surface area contributed by atoms with E-state index in [4.69, 9.17) is 0 Å². The lowest BCUT2D eigenvalue weighted by Crippen LogP contribution is -2.19. The van der Waals surface area contributed by atoms with Crippen LogP contribution in [0.25, 0.3) is 22.3 Å². The third-order valence-corrected chi connectivity index (χ3v) is 5.23. The minimum absolute atomic E-state index is 0.169. The molecule has 1 aliphatic rings. The Labute approximate surface area is 156 Å². The zero-order valence-electron chi connectivity index (χ0n) is 15.0. The summed E-state index contributed by atoms with van der Waals surface area (Å²) in [6.07, 6.45) is 5.61. The van der Waals surface area contributed by atoms with Crippen LogP contribution in [0, 0.1) is 12.7 Å². The van der Waals surface area contributed by atoms with Crippen LogP contribution in [-0.2, 0) is 5.54 Å². The predicted molar refractivity (Wildman–Crippen MR) is 105 cm³/mol. The monoisotopic (exact) mass is 358 g/mol. The summed E-state index contributed by atoms with van der Waals surface area (Å²) in [4.78, 5) is 12.1. The van der Waals surface area contributed by atoms with Crippen molar-refractivity contribution in [3.63, 3.8) is 0 Å². The number of fused-ring (bicyclic) bond motifs is 1. The molecule has 0 unspecified atom stereocenters. The Morgan fingerprint density at radius 3 is 2.70 bits per heavy atom. The molecule has 1 saturated carbocycles. The molecule has 2 heterocycles. The maximum absolute atomic E-state index is 14.6. The van der Waals surface area contributed by atoms with Gasteiger partial charge in [0.15, 0.2) is 5.65 Å². The van der Waals surface area contributed by atoms with Crippen LogP contribution in [0.1, 0.15) is 24.1 Å². The van der Waals surface area contributed by atoms with Gasteiger partial charge in [0.2, 0.25) is 0 Å². The van der Waals surface area contributed by atoms with E-state index in [9.17, 15) is 4.39 Å². The van der Waals surface area contributed by atoms with Crippen molar-refractivity contribution >= 4 is 16.9 Å². The maximum Gasteiger partial charge on any atom is 0.156 e. The molecule has 0 saturated heterocycles. The van der Waals surface area contributed by atoms with Crippen molar-refractivity contribution in [3.05, 3.63) is 78.0 Å². The minimum atomic E-state index is -0.247.